The molecular formula is C15H18FNO2. The second-order valence-corrected chi connectivity index (χ2v) is 6.16. The van der Waals surface area contributed by atoms with Crippen LogP contribution in [0.15, 0.2) is 18.2 Å². The first-order valence-corrected chi connectivity index (χ1v) is 7.02. The van der Waals surface area contributed by atoms with Gasteiger partial charge in [-0.3, -0.25) is 0 Å². The van der Waals surface area contributed by atoms with Crippen molar-refractivity contribution in [2.24, 2.45) is 5.73 Å². The average molecular weight is 263 g/mol. The molecule has 2 N–H and O–H groups in total. The summed E-state index contributed by atoms with van der Waals surface area (Å²) in [4.78, 5) is 0. The zero-order valence-electron chi connectivity index (χ0n) is 10.8. The van der Waals surface area contributed by atoms with Gasteiger partial charge < -0.3 is 15.2 Å². The van der Waals surface area contributed by atoms with Crippen molar-refractivity contribution >= 4 is 0 Å². The highest BCUT2D eigenvalue weighted by Crippen LogP contribution is 2.44. The smallest absolute Gasteiger partial charge is 0.123 e. The van der Waals surface area contributed by atoms with Gasteiger partial charge in [-0.15, -0.1) is 0 Å². The normalized spacial score (nSPS) is 39.4. The van der Waals surface area contributed by atoms with E-state index in [1.807, 2.05) is 0 Å². The van der Waals surface area contributed by atoms with Gasteiger partial charge in [-0.1, -0.05) is 0 Å². The summed E-state index contributed by atoms with van der Waals surface area (Å²) in [5.74, 6) is 0.604. The van der Waals surface area contributed by atoms with Crippen molar-refractivity contribution in [1.82, 2.24) is 0 Å². The summed E-state index contributed by atoms with van der Waals surface area (Å²) in [6.07, 6.45) is 5.27. The van der Waals surface area contributed by atoms with E-state index in [1.165, 1.54) is 6.07 Å². The van der Waals surface area contributed by atoms with Gasteiger partial charge in [-0.25, -0.2) is 4.39 Å². The van der Waals surface area contributed by atoms with Crippen molar-refractivity contribution in [3.63, 3.8) is 0 Å². The van der Waals surface area contributed by atoms with Crippen LogP contribution in [0, 0.1) is 5.82 Å². The van der Waals surface area contributed by atoms with Crippen LogP contribution < -0.4 is 10.5 Å². The first-order valence-electron chi connectivity index (χ1n) is 7.02. The highest BCUT2D eigenvalue weighted by molar-refractivity contribution is 5.38. The number of rotatable bonds is 2. The summed E-state index contributed by atoms with van der Waals surface area (Å²) in [6.45, 7) is 0. The van der Waals surface area contributed by atoms with Gasteiger partial charge in [0.1, 0.15) is 17.7 Å². The van der Waals surface area contributed by atoms with Crippen LogP contribution >= 0.6 is 0 Å². The van der Waals surface area contributed by atoms with Crippen molar-refractivity contribution in [2.45, 2.75) is 56.0 Å². The Morgan fingerprint density at radius 2 is 2.26 bits per heavy atom. The molecule has 3 nitrogen and oxygen atoms in total. The van der Waals surface area contributed by atoms with Crippen molar-refractivity contribution < 1.29 is 13.9 Å². The lowest BCUT2D eigenvalue weighted by atomic mass is 9.78. The highest BCUT2D eigenvalue weighted by atomic mass is 19.1. The zero-order chi connectivity index (χ0) is 13.0. The molecule has 3 aliphatic rings. The van der Waals surface area contributed by atoms with Gasteiger partial charge in [0, 0.05) is 23.9 Å². The molecule has 102 valence electrons. The summed E-state index contributed by atoms with van der Waals surface area (Å²) in [6, 6.07) is 4.72. The molecule has 0 aromatic heterocycles. The lowest BCUT2D eigenvalue weighted by molar-refractivity contribution is 0.0721. The molecule has 0 aliphatic carbocycles. The SMILES string of the molecule is NC1(CC2Cc3cc(F)ccc3O2)CC2CCC1O2. The van der Waals surface area contributed by atoms with Gasteiger partial charge in [0.25, 0.3) is 0 Å². The topological polar surface area (TPSA) is 44.5 Å². The fourth-order valence-electron chi connectivity index (χ4n) is 3.88. The quantitative estimate of drug-likeness (QED) is 0.889. The van der Waals surface area contributed by atoms with E-state index in [2.05, 4.69) is 0 Å². The van der Waals surface area contributed by atoms with E-state index in [1.54, 1.807) is 12.1 Å². The molecule has 4 rings (SSSR count). The van der Waals surface area contributed by atoms with Crippen LogP contribution in [0.3, 0.4) is 0 Å². The molecule has 2 fully saturated rings. The minimum atomic E-state index is -0.256. The fraction of sp³-hybridized carbons (Fsp3) is 0.600. The summed E-state index contributed by atoms with van der Waals surface area (Å²) < 4.78 is 24.9. The van der Waals surface area contributed by atoms with Gasteiger partial charge in [0.05, 0.1) is 12.2 Å². The number of ether oxygens (including phenoxy) is 2. The Hall–Kier alpha value is -1.13. The molecule has 1 aromatic rings. The standard InChI is InChI=1S/C15H18FNO2/c16-10-1-3-13-9(5-10)6-12(18-13)8-15(17)7-11-2-4-14(15)19-11/h1,3,5,11-12,14H,2,4,6-8,17H2. The van der Waals surface area contributed by atoms with E-state index in [0.717, 1.165) is 43.4 Å². The predicted octanol–water partition coefficient (Wildman–Crippen LogP) is 2.17. The monoisotopic (exact) mass is 263 g/mol. The van der Waals surface area contributed by atoms with Gasteiger partial charge >= 0.3 is 0 Å². The third kappa shape index (κ3) is 1.85. The second-order valence-electron chi connectivity index (χ2n) is 6.16. The highest BCUT2D eigenvalue weighted by Gasteiger charge is 2.51. The average Bonchev–Trinajstić information content (AvgIpc) is 3.01. The summed E-state index contributed by atoms with van der Waals surface area (Å²) >= 11 is 0. The van der Waals surface area contributed by atoms with Crippen LogP contribution in [-0.2, 0) is 11.2 Å². The van der Waals surface area contributed by atoms with Gasteiger partial charge in [0.15, 0.2) is 0 Å². The van der Waals surface area contributed by atoms with Gasteiger partial charge in [0.2, 0.25) is 0 Å². The van der Waals surface area contributed by atoms with Gasteiger partial charge in [-0.2, -0.15) is 0 Å². The Labute approximate surface area is 111 Å². The lowest BCUT2D eigenvalue weighted by Crippen LogP contribution is -2.51. The molecule has 3 aliphatic heterocycles. The second kappa shape index (κ2) is 3.93. The number of hydrogen-bond donors (Lipinski definition) is 1. The molecule has 3 heterocycles. The van der Waals surface area contributed by atoms with Crippen LogP contribution in [0.5, 0.6) is 5.75 Å². The summed E-state index contributed by atoms with van der Waals surface area (Å²) in [7, 11) is 0. The van der Waals surface area contributed by atoms with Crippen LogP contribution in [0.4, 0.5) is 4.39 Å². The fourth-order valence-corrected chi connectivity index (χ4v) is 3.88. The van der Waals surface area contributed by atoms with Crippen molar-refractivity contribution in [3.05, 3.63) is 29.6 Å². The van der Waals surface area contributed by atoms with Crippen LogP contribution in [0.2, 0.25) is 0 Å². The van der Waals surface area contributed by atoms with Crippen LogP contribution in [-0.4, -0.2) is 23.9 Å². The molecule has 0 spiro atoms. The van der Waals surface area contributed by atoms with E-state index < -0.39 is 0 Å². The minimum Gasteiger partial charge on any atom is -0.490 e. The third-order valence-corrected chi connectivity index (χ3v) is 4.73. The Bertz CT molecular complexity index is 521. The van der Waals surface area contributed by atoms with E-state index in [4.69, 9.17) is 15.2 Å². The number of fused-ring (bicyclic) bond motifs is 3. The lowest BCUT2D eigenvalue weighted by Gasteiger charge is -2.33. The maximum absolute atomic E-state index is 13.2. The third-order valence-electron chi connectivity index (χ3n) is 4.73. The molecule has 4 unspecified atom stereocenters. The van der Waals surface area contributed by atoms with Gasteiger partial charge in [-0.05, 0) is 37.5 Å². The molecule has 2 saturated heterocycles. The summed E-state index contributed by atoms with van der Waals surface area (Å²) in [5, 5.41) is 0. The molecule has 1 aromatic carbocycles. The van der Waals surface area contributed by atoms with Crippen molar-refractivity contribution in [3.8, 4) is 5.75 Å². The Morgan fingerprint density at radius 3 is 3.00 bits per heavy atom. The molecule has 4 atom stereocenters. The van der Waals surface area contributed by atoms with Crippen molar-refractivity contribution in [2.75, 3.05) is 0 Å². The maximum Gasteiger partial charge on any atom is 0.123 e. The first kappa shape index (κ1) is 11.7. The van der Waals surface area contributed by atoms with Crippen LogP contribution in [0.25, 0.3) is 0 Å². The molecule has 2 bridgehead atoms. The summed E-state index contributed by atoms with van der Waals surface area (Å²) in [5.41, 5.74) is 7.21. The first-order chi connectivity index (χ1) is 9.12. The number of hydrogen-bond acceptors (Lipinski definition) is 3. The number of nitrogens with two attached hydrogens (primary N) is 1. The van der Waals surface area contributed by atoms with E-state index in [9.17, 15) is 4.39 Å². The largest absolute Gasteiger partial charge is 0.490 e. The van der Waals surface area contributed by atoms with E-state index in [0.29, 0.717) is 6.10 Å². The zero-order valence-corrected chi connectivity index (χ0v) is 10.8. The van der Waals surface area contributed by atoms with Crippen molar-refractivity contribution in [1.29, 1.82) is 0 Å². The number of halogens is 1. The molecule has 0 radical (unpaired) electrons. The maximum atomic E-state index is 13.2. The Balaban J connectivity index is 1.49. The van der Waals surface area contributed by atoms with E-state index in [-0.39, 0.29) is 23.6 Å². The predicted molar refractivity (Wildman–Crippen MR) is 68.6 cm³/mol. The van der Waals surface area contributed by atoms with Crippen LogP contribution in [0.1, 0.15) is 31.2 Å². The molecule has 19 heavy (non-hydrogen) atoms. The Morgan fingerprint density at radius 1 is 1.37 bits per heavy atom. The Kier molecular flexibility index (Phi) is 2.42. The molecular weight excluding hydrogens is 245 g/mol. The van der Waals surface area contributed by atoms with E-state index >= 15 is 0 Å². The molecule has 0 amide bonds. The minimum absolute atomic E-state index is 0.0600. The number of benzene rings is 1. The molecule has 0 saturated carbocycles. The molecule has 4 heteroatoms.